The summed E-state index contributed by atoms with van der Waals surface area (Å²) in [5.41, 5.74) is -2.56. The zero-order valence-electron chi connectivity index (χ0n) is 18.6. The summed E-state index contributed by atoms with van der Waals surface area (Å²) < 4.78 is 17.8. The average molecular weight is 439 g/mol. The van der Waals surface area contributed by atoms with E-state index in [0.29, 0.717) is 12.0 Å². The summed E-state index contributed by atoms with van der Waals surface area (Å²) in [6, 6.07) is 0. The molecule has 4 N–H and O–H groups in total. The molecule has 0 radical (unpaired) electrons. The van der Waals surface area contributed by atoms with Gasteiger partial charge in [-0.2, -0.15) is 0 Å². The molecule has 31 heavy (non-hydrogen) atoms. The largest absolute Gasteiger partial charge is 0.456 e. The van der Waals surface area contributed by atoms with Crippen molar-refractivity contribution in [2.24, 2.45) is 34.0 Å². The van der Waals surface area contributed by atoms with E-state index in [9.17, 15) is 25.2 Å². The van der Waals surface area contributed by atoms with Crippen molar-refractivity contribution >= 4 is 5.97 Å². The Labute approximate surface area is 182 Å². The van der Waals surface area contributed by atoms with Crippen LogP contribution in [0.5, 0.6) is 0 Å². The summed E-state index contributed by atoms with van der Waals surface area (Å²) in [7, 11) is 1.49. The molecule has 0 aromatic heterocycles. The summed E-state index contributed by atoms with van der Waals surface area (Å²) in [6.07, 6.45) is -2.98. The summed E-state index contributed by atoms with van der Waals surface area (Å²) >= 11 is 0. The number of hydrogen-bond donors (Lipinski definition) is 4. The number of esters is 1. The fourth-order valence-corrected chi connectivity index (χ4v) is 8.84. The van der Waals surface area contributed by atoms with Gasteiger partial charge in [0.2, 0.25) is 5.79 Å². The molecule has 6 fully saturated rings. The molecular formula is C23H34O8. The number of carbonyl (C=O) groups excluding carboxylic acids is 1. The SMILES string of the molecule is C=C1[C@H]2C[C@H](O)[C@H]3[C@]45CCCC(C)(C)[C@H]4[C@H](OC(C)=O)[C@](O)(O[C@@H]5OC)[C@]3(C2O)[C@@H]1O. The maximum absolute atomic E-state index is 12.3. The van der Waals surface area contributed by atoms with Gasteiger partial charge in [0.1, 0.15) is 0 Å². The third-order valence-corrected chi connectivity index (χ3v) is 9.52. The Morgan fingerprint density at radius 3 is 2.48 bits per heavy atom. The molecule has 6 rings (SSSR count). The van der Waals surface area contributed by atoms with Crippen molar-refractivity contribution in [3.63, 3.8) is 0 Å². The molecule has 2 aliphatic heterocycles. The highest BCUT2D eigenvalue weighted by molar-refractivity contribution is 5.66. The van der Waals surface area contributed by atoms with Crippen LogP contribution in [0.4, 0.5) is 0 Å². The van der Waals surface area contributed by atoms with E-state index in [1.165, 1.54) is 14.0 Å². The van der Waals surface area contributed by atoms with Crippen LogP contribution >= 0.6 is 0 Å². The number of rotatable bonds is 2. The highest BCUT2D eigenvalue weighted by atomic mass is 16.8. The van der Waals surface area contributed by atoms with E-state index in [1.807, 2.05) is 0 Å². The molecule has 2 saturated heterocycles. The fraction of sp³-hybridized carbons (Fsp3) is 0.870. The van der Waals surface area contributed by atoms with E-state index in [4.69, 9.17) is 14.2 Å². The van der Waals surface area contributed by atoms with Gasteiger partial charge in [0, 0.05) is 37.2 Å². The summed E-state index contributed by atoms with van der Waals surface area (Å²) in [6.45, 7) is 9.40. The van der Waals surface area contributed by atoms with Gasteiger partial charge in [0.15, 0.2) is 12.4 Å². The van der Waals surface area contributed by atoms with E-state index in [0.717, 1.165) is 12.8 Å². The van der Waals surface area contributed by atoms with Gasteiger partial charge in [-0.15, -0.1) is 0 Å². The Morgan fingerprint density at radius 2 is 1.87 bits per heavy atom. The molecule has 8 heteroatoms. The van der Waals surface area contributed by atoms with Gasteiger partial charge in [-0.25, -0.2) is 0 Å². The topological polar surface area (TPSA) is 126 Å². The molecular weight excluding hydrogens is 404 g/mol. The van der Waals surface area contributed by atoms with Crippen molar-refractivity contribution in [3.05, 3.63) is 12.2 Å². The molecule has 0 aromatic carbocycles. The van der Waals surface area contributed by atoms with Crippen LogP contribution in [-0.2, 0) is 19.0 Å². The molecule has 2 heterocycles. The quantitative estimate of drug-likeness (QED) is 0.367. The first-order valence-corrected chi connectivity index (χ1v) is 11.2. The van der Waals surface area contributed by atoms with E-state index >= 15 is 0 Å². The second kappa shape index (κ2) is 6.30. The maximum atomic E-state index is 12.3. The molecule has 4 aliphatic carbocycles. The van der Waals surface area contributed by atoms with Crippen LogP contribution in [0.2, 0.25) is 0 Å². The maximum Gasteiger partial charge on any atom is 0.303 e. The number of methoxy groups -OCH3 is 1. The van der Waals surface area contributed by atoms with Gasteiger partial charge < -0.3 is 34.6 Å². The highest BCUT2D eigenvalue weighted by Gasteiger charge is 2.89. The predicted molar refractivity (Wildman–Crippen MR) is 107 cm³/mol. The lowest BCUT2D eigenvalue weighted by molar-refractivity contribution is -0.521. The molecule has 0 aromatic rings. The van der Waals surface area contributed by atoms with Crippen molar-refractivity contribution in [1.29, 1.82) is 0 Å². The minimum Gasteiger partial charge on any atom is -0.456 e. The molecule has 2 spiro atoms. The van der Waals surface area contributed by atoms with Gasteiger partial charge >= 0.3 is 5.97 Å². The highest BCUT2D eigenvalue weighted by Crippen LogP contribution is 2.79. The number of carbonyl (C=O) groups is 1. The van der Waals surface area contributed by atoms with Crippen molar-refractivity contribution in [2.45, 2.75) is 82.9 Å². The van der Waals surface area contributed by atoms with Crippen molar-refractivity contribution < 1.29 is 39.4 Å². The molecule has 4 bridgehead atoms. The van der Waals surface area contributed by atoms with Crippen molar-refractivity contribution in [2.75, 3.05) is 7.11 Å². The first kappa shape index (κ1) is 21.8. The number of aliphatic hydroxyl groups is 4. The second-order valence-electron chi connectivity index (χ2n) is 11.1. The lowest BCUT2D eigenvalue weighted by Gasteiger charge is -2.77. The van der Waals surface area contributed by atoms with Crippen molar-refractivity contribution in [1.82, 2.24) is 0 Å². The van der Waals surface area contributed by atoms with E-state index in [2.05, 4.69) is 20.4 Å². The van der Waals surface area contributed by atoms with Gasteiger partial charge in [-0.1, -0.05) is 26.8 Å². The number of ether oxygens (including phenoxy) is 3. The minimum absolute atomic E-state index is 0.239. The molecule has 4 saturated carbocycles. The molecule has 11 atom stereocenters. The zero-order valence-corrected chi connectivity index (χ0v) is 18.6. The monoisotopic (exact) mass is 438 g/mol. The van der Waals surface area contributed by atoms with E-state index in [-0.39, 0.29) is 11.8 Å². The van der Waals surface area contributed by atoms with E-state index < -0.39 is 71.0 Å². The number of fused-ring (bicyclic) bond motifs is 2. The standard InChI is InChI=1S/C23H34O8/c1-10-12-9-13(25)14-21-8-6-7-20(3,4)15(21)18(30-11(2)24)23(28,31-19(21)29-5)22(14,16(10)26)17(12)27/h12-19,25-28H,1,6-9H2,2-5H3/t12-,13+,14+,15-,16-,17?,18+,19+,21-,22+,23+/m1/s1. The third kappa shape index (κ3) is 2.15. The minimum atomic E-state index is -2.26. The van der Waals surface area contributed by atoms with Gasteiger partial charge in [0.05, 0.1) is 23.7 Å². The Balaban J connectivity index is 1.85. The van der Waals surface area contributed by atoms with E-state index in [1.54, 1.807) is 0 Å². The Bertz CT molecular complexity index is 826. The van der Waals surface area contributed by atoms with Gasteiger partial charge in [0.25, 0.3) is 0 Å². The normalized spacial score (nSPS) is 56.7. The number of hydrogen-bond acceptors (Lipinski definition) is 8. The van der Waals surface area contributed by atoms with Crippen LogP contribution in [0.3, 0.4) is 0 Å². The van der Waals surface area contributed by atoms with Gasteiger partial charge in [-0.3, -0.25) is 4.79 Å². The molecule has 1 unspecified atom stereocenters. The smallest absolute Gasteiger partial charge is 0.303 e. The van der Waals surface area contributed by atoms with Crippen LogP contribution in [0.15, 0.2) is 12.2 Å². The Morgan fingerprint density at radius 1 is 1.19 bits per heavy atom. The molecule has 174 valence electrons. The zero-order chi connectivity index (χ0) is 22.7. The van der Waals surface area contributed by atoms with Crippen LogP contribution in [-0.4, -0.2) is 70.0 Å². The number of aliphatic hydroxyl groups excluding tert-OH is 3. The Kier molecular flexibility index (Phi) is 4.43. The van der Waals surface area contributed by atoms with Crippen LogP contribution < -0.4 is 0 Å². The summed E-state index contributed by atoms with van der Waals surface area (Å²) in [4.78, 5) is 12.2. The summed E-state index contributed by atoms with van der Waals surface area (Å²) in [5, 5.41) is 46.7. The molecule has 8 nitrogen and oxygen atoms in total. The second-order valence-corrected chi connectivity index (χ2v) is 11.1. The molecule has 6 aliphatic rings. The van der Waals surface area contributed by atoms with Crippen molar-refractivity contribution in [3.8, 4) is 0 Å². The first-order valence-electron chi connectivity index (χ1n) is 11.2. The third-order valence-electron chi connectivity index (χ3n) is 9.52. The first-order chi connectivity index (χ1) is 14.4. The average Bonchev–Trinajstić information content (AvgIpc) is 2.79. The van der Waals surface area contributed by atoms with Crippen LogP contribution in [0.1, 0.15) is 46.5 Å². The lowest BCUT2D eigenvalue weighted by atomic mass is 9.35. The van der Waals surface area contributed by atoms with Gasteiger partial charge in [-0.05, 0) is 30.3 Å². The molecule has 0 amide bonds. The Hall–Kier alpha value is -1.03. The fourth-order valence-electron chi connectivity index (χ4n) is 8.84. The summed E-state index contributed by atoms with van der Waals surface area (Å²) in [5.74, 6) is -4.56. The lowest BCUT2D eigenvalue weighted by Crippen LogP contribution is -2.88. The predicted octanol–water partition coefficient (Wildman–Crippen LogP) is 0.711. The van der Waals surface area contributed by atoms with Crippen LogP contribution in [0, 0.1) is 34.0 Å². The van der Waals surface area contributed by atoms with Crippen LogP contribution in [0.25, 0.3) is 0 Å².